The molecule has 0 saturated heterocycles. The molecular weight excluding hydrogens is 496 g/mol. The topological polar surface area (TPSA) is 35.5 Å². The summed E-state index contributed by atoms with van der Waals surface area (Å²) in [5.41, 5.74) is 4.21. The average molecular weight is 516 g/mol. The van der Waals surface area contributed by atoms with Gasteiger partial charge in [0.25, 0.3) is 0 Å². The number of furan rings is 2. The molecule has 1 aliphatic carbocycles. The van der Waals surface area contributed by atoms with Crippen LogP contribution in [0, 0.1) is 6.92 Å². The van der Waals surface area contributed by atoms with E-state index in [9.17, 15) is 0 Å². The summed E-state index contributed by atoms with van der Waals surface area (Å²) in [5.74, 6) is 3.66. The van der Waals surface area contributed by atoms with Crippen molar-refractivity contribution in [2.24, 2.45) is 0 Å². The lowest BCUT2D eigenvalue weighted by Gasteiger charge is -2.29. The lowest BCUT2D eigenvalue weighted by molar-refractivity contribution is 0.413. The van der Waals surface area contributed by atoms with E-state index in [-0.39, 0.29) is 5.41 Å². The summed E-state index contributed by atoms with van der Waals surface area (Å²) in [7, 11) is 1.69. The van der Waals surface area contributed by atoms with Crippen LogP contribution in [0.2, 0.25) is 0 Å². The molecule has 0 N–H and O–H groups in total. The molecule has 0 spiro atoms. The zero-order valence-corrected chi connectivity index (χ0v) is 19.6. The fourth-order valence-corrected chi connectivity index (χ4v) is 5.77. The fraction of sp³-hybridized carbons (Fsp3) is 0.250. The van der Waals surface area contributed by atoms with Gasteiger partial charge >= 0.3 is 0 Å². The van der Waals surface area contributed by atoms with Gasteiger partial charge in [-0.05, 0) is 65.2 Å². The molecule has 148 valence electrons. The summed E-state index contributed by atoms with van der Waals surface area (Å²) in [4.78, 5) is 0. The molecule has 0 unspecified atom stereocenters. The second-order valence-corrected chi connectivity index (χ2v) is 9.60. The molecule has 0 bridgehead atoms. The Bertz CT molecular complexity index is 1230. The molecule has 0 aliphatic heterocycles. The van der Waals surface area contributed by atoms with Crippen LogP contribution in [-0.4, -0.2) is 7.11 Å². The molecule has 2 heterocycles. The Kier molecular flexibility index (Phi) is 4.44. The van der Waals surface area contributed by atoms with Gasteiger partial charge in [0.1, 0.15) is 28.6 Å². The molecule has 0 fully saturated rings. The molecular formula is C24H20Br2O3. The maximum Gasteiger partial charge on any atom is 0.149 e. The van der Waals surface area contributed by atoms with Gasteiger partial charge in [0.05, 0.1) is 17.1 Å². The Morgan fingerprint density at radius 3 is 2.52 bits per heavy atom. The van der Waals surface area contributed by atoms with Crippen LogP contribution in [0.15, 0.2) is 60.2 Å². The number of halogens is 2. The predicted octanol–water partition coefficient (Wildman–Crippen LogP) is 7.79. The number of fused-ring (bicyclic) bond motifs is 5. The number of hydrogen-bond donors (Lipinski definition) is 0. The van der Waals surface area contributed by atoms with E-state index in [1.807, 2.05) is 25.1 Å². The van der Waals surface area contributed by atoms with Gasteiger partial charge < -0.3 is 13.6 Å². The van der Waals surface area contributed by atoms with E-state index < -0.39 is 0 Å². The second kappa shape index (κ2) is 6.78. The van der Waals surface area contributed by atoms with Gasteiger partial charge in [0, 0.05) is 27.3 Å². The predicted molar refractivity (Wildman–Crippen MR) is 122 cm³/mol. The Balaban J connectivity index is 1.77. The molecule has 4 aromatic rings. The molecule has 3 nitrogen and oxygen atoms in total. The number of hydrogen-bond acceptors (Lipinski definition) is 3. The summed E-state index contributed by atoms with van der Waals surface area (Å²) < 4.78 is 19.9. The quantitative estimate of drug-likeness (QED) is 0.273. The van der Waals surface area contributed by atoms with Crippen LogP contribution in [0.5, 0.6) is 5.75 Å². The first-order valence-corrected chi connectivity index (χ1v) is 11.2. The monoisotopic (exact) mass is 514 g/mol. The normalized spacial score (nSPS) is 18.4. The minimum atomic E-state index is -0.184. The van der Waals surface area contributed by atoms with Crippen molar-refractivity contribution >= 4 is 42.8 Å². The van der Waals surface area contributed by atoms with Gasteiger partial charge in [0.15, 0.2) is 0 Å². The number of rotatable bonds is 2. The maximum absolute atomic E-state index is 6.34. The van der Waals surface area contributed by atoms with Crippen LogP contribution in [0.4, 0.5) is 0 Å². The summed E-state index contributed by atoms with van der Waals surface area (Å²) in [6, 6.07) is 14.7. The van der Waals surface area contributed by atoms with Crippen molar-refractivity contribution in [3.8, 4) is 17.1 Å². The van der Waals surface area contributed by atoms with Gasteiger partial charge in [0.2, 0.25) is 0 Å². The van der Waals surface area contributed by atoms with Crippen molar-refractivity contribution in [1.82, 2.24) is 0 Å². The van der Waals surface area contributed by atoms with E-state index in [0.29, 0.717) is 0 Å². The third-order valence-corrected chi connectivity index (χ3v) is 7.08. The van der Waals surface area contributed by atoms with Crippen molar-refractivity contribution in [2.45, 2.75) is 32.1 Å². The number of aryl methyl sites for hydroxylation is 2. The van der Waals surface area contributed by atoms with Crippen LogP contribution >= 0.6 is 31.9 Å². The zero-order valence-electron chi connectivity index (χ0n) is 16.4. The maximum atomic E-state index is 6.34. The van der Waals surface area contributed by atoms with Crippen molar-refractivity contribution < 1.29 is 13.6 Å². The Morgan fingerprint density at radius 2 is 1.79 bits per heavy atom. The molecule has 0 saturated carbocycles. The molecule has 2 aromatic carbocycles. The van der Waals surface area contributed by atoms with E-state index in [1.54, 1.807) is 7.11 Å². The van der Waals surface area contributed by atoms with Crippen LogP contribution in [0.1, 0.15) is 36.0 Å². The number of benzene rings is 2. The van der Waals surface area contributed by atoms with Crippen molar-refractivity contribution in [2.75, 3.05) is 7.11 Å². The first-order chi connectivity index (χ1) is 13.9. The SMILES string of the molecule is COc1ccc([C@]2(C)CCc3oc4c(Br)cc(Br)cc4c3-c3oc(C)cc32)cc1. The van der Waals surface area contributed by atoms with Gasteiger partial charge in [-0.3, -0.25) is 0 Å². The Labute approximate surface area is 186 Å². The summed E-state index contributed by atoms with van der Waals surface area (Å²) in [6.45, 7) is 4.30. The highest BCUT2D eigenvalue weighted by Gasteiger charge is 2.39. The van der Waals surface area contributed by atoms with Crippen LogP contribution in [0.25, 0.3) is 22.3 Å². The summed E-state index contributed by atoms with van der Waals surface area (Å²) in [5, 5.41) is 1.07. The van der Waals surface area contributed by atoms with E-state index in [1.165, 1.54) is 11.1 Å². The van der Waals surface area contributed by atoms with Gasteiger partial charge in [-0.15, -0.1) is 0 Å². The number of ether oxygens (including phenoxy) is 1. The highest BCUT2D eigenvalue weighted by molar-refractivity contribution is 9.11. The van der Waals surface area contributed by atoms with Crippen molar-refractivity contribution in [3.63, 3.8) is 0 Å². The van der Waals surface area contributed by atoms with E-state index >= 15 is 0 Å². The van der Waals surface area contributed by atoms with Gasteiger partial charge in [-0.2, -0.15) is 0 Å². The van der Waals surface area contributed by atoms with Gasteiger partial charge in [-0.25, -0.2) is 0 Å². The zero-order chi connectivity index (χ0) is 20.3. The molecule has 5 rings (SSSR count). The van der Waals surface area contributed by atoms with E-state index in [0.717, 1.165) is 61.4 Å². The Morgan fingerprint density at radius 1 is 1.03 bits per heavy atom. The third kappa shape index (κ3) is 2.89. The number of methoxy groups -OCH3 is 1. The molecule has 29 heavy (non-hydrogen) atoms. The minimum absolute atomic E-state index is 0.184. The van der Waals surface area contributed by atoms with E-state index in [2.05, 4.69) is 63.0 Å². The van der Waals surface area contributed by atoms with Crippen LogP contribution in [-0.2, 0) is 11.8 Å². The van der Waals surface area contributed by atoms with Crippen molar-refractivity contribution in [1.29, 1.82) is 0 Å². The highest BCUT2D eigenvalue weighted by atomic mass is 79.9. The molecule has 0 radical (unpaired) electrons. The molecule has 5 heteroatoms. The van der Waals surface area contributed by atoms with Crippen molar-refractivity contribution in [3.05, 3.63) is 74.1 Å². The fourth-order valence-electron chi connectivity index (χ4n) is 4.47. The average Bonchev–Trinajstić information content (AvgIpc) is 3.23. The molecule has 2 aromatic heterocycles. The Hall–Kier alpha value is -1.98. The van der Waals surface area contributed by atoms with E-state index in [4.69, 9.17) is 13.6 Å². The highest BCUT2D eigenvalue weighted by Crippen LogP contribution is 2.50. The van der Waals surface area contributed by atoms with Crippen LogP contribution < -0.4 is 4.74 Å². The third-order valence-electron chi connectivity index (χ3n) is 6.04. The molecule has 1 aliphatic rings. The second-order valence-electron chi connectivity index (χ2n) is 7.82. The first kappa shape index (κ1) is 19.0. The summed E-state index contributed by atoms with van der Waals surface area (Å²) in [6.07, 6.45) is 1.76. The first-order valence-electron chi connectivity index (χ1n) is 9.57. The van der Waals surface area contributed by atoms with Crippen LogP contribution in [0.3, 0.4) is 0 Å². The van der Waals surface area contributed by atoms with Gasteiger partial charge in [-0.1, -0.05) is 35.0 Å². The lowest BCUT2D eigenvalue weighted by atomic mass is 9.73. The standard InChI is InChI=1S/C24H20Br2O3/c1-13-10-18-23(28-13)21-17-11-15(25)12-19(26)22(17)29-20(21)8-9-24(18,2)14-4-6-16(27-3)7-5-14/h4-7,10-12H,8-9H2,1-3H3/t24-/m0/s1. The molecule has 0 amide bonds. The minimum Gasteiger partial charge on any atom is -0.497 e. The largest absolute Gasteiger partial charge is 0.497 e. The molecule has 1 atom stereocenters. The smallest absolute Gasteiger partial charge is 0.149 e. The summed E-state index contributed by atoms with van der Waals surface area (Å²) >= 11 is 7.26. The lowest BCUT2D eigenvalue weighted by Crippen LogP contribution is -2.23.